The van der Waals surface area contributed by atoms with Gasteiger partial charge < -0.3 is 9.47 Å². The molecule has 0 saturated carbocycles. The third-order valence-corrected chi connectivity index (χ3v) is 7.97. The Bertz CT molecular complexity index is 855. The Hall–Kier alpha value is -1.52. The maximum atomic E-state index is 13.3. The Balaban J connectivity index is 2.01. The SMILES string of the molecule is CCCCCCCCCC(C)(CC)C1=NCN(NC(=S)c2c(OC)cc(C(F)(F)F)cc2OC)S1. The third kappa shape index (κ3) is 8.25. The minimum Gasteiger partial charge on any atom is -0.496 e. The topological polar surface area (TPSA) is 46.1 Å². The lowest BCUT2D eigenvalue weighted by molar-refractivity contribution is -0.137. The van der Waals surface area contributed by atoms with E-state index in [2.05, 4.69) is 26.2 Å². The molecule has 0 bridgehead atoms. The molecule has 0 radical (unpaired) electrons. The van der Waals surface area contributed by atoms with Crippen molar-refractivity contribution < 1.29 is 22.6 Å². The monoisotopic (exact) mass is 533 g/mol. The van der Waals surface area contributed by atoms with E-state index in [1.54, 1.807) is 4.41 Å². The van der Waals surface area contributed by atoms with Crippen LogP contribution in [0.2, 0.25) is 0 Å². The van der Waals surface area contributed by atoms with Crippen molar-refractivity contribution in [1.82, 2.24) is 9.84 Å². The molecule has 1 N–H and O–H groups in total. The van der Waals surface area contributed by atoms with Gasteiger partial charge in [0, 0.05) is 5.41 Å². The van der Waals surface area contributed by atoms with Crippen molar-refractivity contribution in [3.63, 3.8) is 0 Å². The molecule has 0 fully saturated rings. The number of unbranched alkanes of at least 4 members (excludes halogenated alkanes) is 6. The second-order valence-corrected chi connectivity index (χ2v) is 10.5. The first-order valence-corrected chi connectivity index (χ1v) is 13.4. The Morgan fingerprint density at radius 3 is 2.14 bits per heavy atom. The van der Waals surface area contributed by atoms with Gasteiger partial charge in [-0.1, -0.05) is 77.9 Å². The molecule has 1 aromatic carbocycles. The number of halogens is 3. The van der Waals surface area contributed by atoms with Crippen LogP contribution < -0.4 is 14.9 Å². The number of rotatable bonds is 14. The molecule has 2 rings (SSSR count). The molecular formula is C25H38F3N3O2S2. The van der Waals surface area contributed by atoms with Crippen LogP contribution in [0, 0.1) is 5.41 Å². The maximum Gasteiger partial charge on any atom is 0.416 e. The number of nitrogens with zero attached hydrogens (tertiary/aromatic N) is 2. The Morgan fingerprint density at radius 2 is 1.63 bits per heavy atom. The van der Waals surface area contributed by atoms with Crippen LogP contribution in [-0.2, 0) is 6.18 Å². The quantitative estimate of drug-likeness (QED) is 0.150. The van der Waals surface area contributed by atoms with Crippen molar-refractivity contribution in [2.75, 3.05) is 20.9 Å². The lowest BCUT2D eigenvalue weighted by Crippen LogP contribution is -2.36. The highest BCUT2D eigenvalue weighted by molar-refractivity contribution is 8.12. The largest absolute Gasteiger partial charge is 0.496 e. The molecule has 1 aliphatic heterocycles. The number of hydrazine groups is 1. The number of thiocarbonyl (C=S) groups is 1. The maximum absolute atomic E-state index is 13.3. The smallest absolute Gasteiger partial charge is 0.416 e. The van der Waals surface area contributed by atoms with Crippen molar-refractivity contribution in [2.45, 2.75) is 84.7 Å². The summed E-state index contributed by atoms with van der Waals surface area (Å²) in [6.45, 7) is 7.05. The van der Waals surface area contributed by atoms with Crippen molar-refractivity contribution >= 4 is 34.2 Å². The van der Waals surface area contributed by atoms with E-state index in [1.165, 1.54) is 71.1 Å². The van der Waals surface area contributed by atoms with Gasteiger partial charge in [0.2, 0.25) is 0 Å². The molecule has 0 aromatic heterocycles. The lowest BCUT2D eigenvalue weighted by Gasteiger charge is -2.28. The summed E-state index contributed by atoms with van der Waals surface area (Å²) in [5.41, 5.74) is 2.49. The molecule has 35 heavy (non-hydrogen) atoms. The third-order valence-electron chi connectivity index (χ3n) is 6.45. The average molecular weight is 534 g/mol. The van der Waals surface area contributed by atoms with Gasteiger partial charge >= 0.3 is 6.18 Å². The van der Waals surface area contributed by atoms with Crippen molar-refractivity contribution in [3.8, 4) is 11.5 Å². The van der Waals surface area contributed by atoms with Crippen molar-refractivity contribution in [3.05, 3.63) is 23.3 Å². The first-order chi connectivity index (χ1) is 16.6. The van der Waals surface area contributed by atoms with Gasteiger partial charge in [-0.15, -0.1) is 4.41 Å². The van der Waals surface area contributed by atoms with Gasteiger partial charge in [0.1, 0.15) is 23.2 Å². The summed E-state index contributed by atoms with van der Waals surface area (Å²) in [6.07, 6.45) is 6.40. The molecule has 1 heterocycles. The van der Waals surface area contributed by atoms with Crippen LogP contribution in [0.25, 0.3) is 0 Å². The van der Waals surface area contributed by atoms with E-state index in [0.29, 0.717) is 6.67 Å². The van der Waals surface area contributed by atoms with Crippen molar-refractivity contribution in [1.29, 1.82) is 0 Å². The number of aliphatic imine (C=N–C) groups is 1. The lowest BCUT2D eigenvalue weighted by atomic mass is 9.83. The molecule has 1 aliphatic rings. The van der Waals surface area contributed by atoms with Gasteiger partial charge in [0.15, 0.2) is 0 Å². The molecule has 1 atom stereocenters. The second-order valence-electron chi connectivity index (χ2n) is 9.05. The zero-order valence-electron chi connectivity index (χ0n) is 21.4. The van der Waals surface area contributed by atoms with Crippen LogP contribution in [0.4, 0.5) is 13.2 Å². The van der Waals surface area contributed by atoms with E-state index >= 15 is 0 Å². The fraction of sp³-hybridized carbons (Fsp3) is 0.680. The first kappa shape index (κ1) is 29.7. The number of benzene rings is 1. The van der Waals surface area contributed by atoms with Crippen LogP contribution >= 0.6 is 24.2 Å². The number of hydrogen-bond acceptors (Lipinski definition) is 6. The zero-order valence-corrected chi connectivity index (χ0v) is 23.0. The summed E-state index contributed by atoms with van der Waals surface area (Å²) in [6, 6.07) is 1.86. The van der Waals surface area contributed by atoms with Crippen LogP contribution in [0.1, 0.15) is 89.7 Å². The molecule has 0 saturated heterocycles. The van der Waals surface area contributed by atoms with Gasteiger partial charge in [-0.2, -0.15) is 13.2 Å². The summed E-state index contributed by atoms with van der Waals surface area (Å²) < 4.78 is 52.0. The Labute approximate surface area is 217 Å². The minimum atomic E-state index is -4.53. The van der Waals surface area contributed by atoms with Gasteiger partial charge in [0.25, 0.3) is 0 Å². The van der Waals surface area contributed by atoms with Crippen LogP contribution in [-0.4, -0.2) is 35.3 Å². The summed E-state index contributed by atoms with van der Waals surface area (Å²) in [5.74, 6) is -0.00584. The number of methoxy groups -OCH3 is 2. The minimum absolute atomic E-state index is 0.00292. The fourth-order valence-electron chi connectivity index (χ4n) is 4.03. The van der Waals surface area contributed by atoms with E-state index < -0.39 is 11.7 Å². The fourth-order valence-corrected chi connectivity index (χ4v) is 5.44. The van der Waals surface area contributed by atoms with Crippen molar-refractivity contribution in [2.24, 2.45) is 10.4 Å². The van der Waals surface area contributed by atoms with Gasteiger partial charge in [-0.25, -0.2) is 0 Å². The summed E-state index contributed by atoms with van der Waals surface area (Å²) in [4.78, 5) is 4.96. The van der Waals surface area contributed by atoms with E-state index in [4.69, 9.17) is 26.7 Å². The van der Waals surface area contributed by atoms with Gasteiger partial charge in [0.05, 0.1) is 30.4 Å². The standard InChI is InChI=1S/C25H38F3N3O2S2/c1-6-8-9-10-11-12-13-14-24(3,7-2)23-29-17-31(35-23)30-22(34)21-19(32-4)15-18(25(26,27)28)16-20(21)33-5/h15-16H,6-14,17H2,1-5H3,(H,30,34). The average Bonchev–Trinajstić information content (AvgIpc) is 3.30. The normalized spacial score (nSPS) is 16.1. The molecule has 0 amide bonds. The van der Waals surface area contributed by atoms with Crippen LogP contribution in [0.3, 0.4) is 0 Å². The summed E-state index contributed by atoms with van der Waals surface area (Å²) in [5, 5.41) is 1.05. The van der Waals surface area contributed by atoms with Crippen LogP contribution in [0.5, 0.6) is 11.5 Å². The highest BCUT2D eigenvalue weighted by atomic mass is 32.2. The zero-order chi connectivity index (χ0) is 26.1. The van der Waals surface area contributed by atoms with Gasteiger partial charge in [-0.3, -0.25) is 10.4 Å². The molecule has 1 unspecified atom stereocenters. The first-order valence-electron chi connectivity index (χ1n) is 12.2. The number of hydrogen-bond donors (Lipinski definition) is 1. The Kier molecular flexibility index (Phi) is 11.6. The number of ether oxygens (including phenoxy) is 2. The summed E-state index contributed by atoms with van der Waals surface area (Å²) >= 11 is 7.03. The predicted molar refractivity (Wildman–Crippen MR) is 142 cm³/mol. The molecule has 0 aliphatic carbocycles. The molecule has 1 aromatic rings. The number of alkyl halides is 3. The van der Waals surface area contributed by atoms with E-state index in [0.717, 1.165) is 30.0 Å². The molecule has 0 spiro atoms. The molecular weight excluding hydrogens is 495 g/mol. The van der Waals surface area contributed by atoms with Crippen LogP contribution in [0.15, 0.2) is 17.1 Å². The van der Waals surface area contributed by atoms with Gasteiger partial charge in [-0.05, 0) is 36.9 Å². The highest BCUT2D eigenvalue weighted by Crippen LogP contribution is 2.40. The second kappa shape index (κ2) is 13.7. The number of nitrogens with one attached hydrogen (secondary N) is 1. The highest BCUT2D eigenvalue weighted by Gasteiger charge is 2.36. The predicted octanol–water partition coefficient (Wildman–Crippen LogP) is 7.78. The van der Waals surface area contributed by atoms with E-state index in [9.17, 15) is 13.2 Å². The summed E-state index contributed by atoms with van der Waals surface area (Å²) in [7, 11) is 2.62. The van der Waals surface area contributed by atoms with E-state index in [-0.39, 0.29) is 27.5 Å². The van der Waals surface area contributed by atoms with E-state index in [1.807, 2.05) is 0 Å². The molecule has 5 nitrogen and oxygen atoms in total. The Morgan fingerprint density at radius 1 is 1.06 bits per heavy atom. The molecule has 198 valence electrons. The molecule has 10 heteroatoms.